The summed E-state index contributed by atoms with van der Waals surface area (Å²) in [5.74, 6) is 1.79. The Morgan fingerprint density at radius 2 is 2.12 bits per heavy atom. The van der Waals surface area contributed by atoms with Crippen LogP contribution in [0.4, 0.5) is 0 Å². The molecule has 2 heteroatoms. The molecule has 1 aliphatic heterocycles. The molecule has 0 aromatic rings. The lowest BCUT2D eigenvalue weighted by Crippen LogP contribution is -2.63. The molecular formula is C15H30N2. The highest BCUT2D eigenvalue weighted by Crippen LogP contribution is 2.41. The minimum Gasteiger partial charge on any atom is -0.308 e. The first-order chi connectivity index (χ1) is 8.05. The van der Waals surface area contributed by atoms with E-state index in [2.05, 4.69) is 37.9 Å². The van der Waals surface area contributed by atoms with Crippen LogP contribution in [0.3, 0.4) is 0 Å². The van der Waals surface area contributed by atoms with Gasteiger partial charge in [-0.2, -0.15) is 0 Å². The molecule has 0 spiro atoms. The third-order valence-corrected chi connectivity index (χ3v) is 4.76. The maximum Gasteiger partial charge on any atom is 0.0309 e. The van der Waals surface area contributed by atoms with E-state index in [4.69, 9.17) is 0 Å². The van der Waals surface area contributed by atoms with E-state index in [0.29, 0.717) is 11.6 Å². The summed E-state index contributed by atoms with van der Waals surface area (Å²) in [5.41, 5.74) is 0.401. The zero-order valence-electron chi connectivity index (χ0n) is 12.1. The molecule has 0 bridgehead atoms. The van der Waals surface area contributed by atoms with Gasteiger partial charge >= 0.3 is 0 Å². The molecule has 1 aliphatic carbocycles. The van der Waals surface area contributed by atoms with Crippen LogP contribution in [0.5, 0.6) is 0 Å². The normalized spacial score (nSPS) is 37.1. The molecule has 100 valence electrons. The van der Waals surface area contributed by atoms with Gasteiger partial charge < -0.3 is 5.32 Å². The Morgan fingerprint density at radius 1 is 1.41 bits per heavy atom. The smallest absolute Gasteiger partial charge is 0.0309 e. The van der Waals surface area contributed by atoms with Crippen molar-refractivity contribution in [3.8, 4) is 0 Å². The van der Waals surface area contributed by atoms with Gasteiger partial charge in [0.1, 0.15) is 0 Å². The van der Waals surface area contributed by atoms with Crippen LogP contribution < -0.4 is 5.32 Å². The Morgan fingerprint density at radius 3 is 2.71 bits per heavy atom. The van der Waals surface area contributed by atoms with Gasteiger partial charge in [-0.3, -0.25) is 4.90 Å². The molecule has 2 fully saturated rings. The first-order valence-electron chi connectivity index (χ1n) is 7.54. The van der Waals surface area contributed by atoms with Crippen molar-refractivity contribution in [3.63, 3.8) is 0 Å². The molecule has 3 atom stereocenters. The molecule has 0 aromatic heterocycles. The van der Waals surface area contributed by atoms with Crippen molar-refractivity contribution in [3.05, 3.63) is 0 Å². The van der Waals surface area contributed by atoms with Crippen LogP contribution in [0, 0.1) is 11.8 Å². The van der Waals surface area contributed by atoms with Gasteiger partial charge in [-0.1, -0.05) is 20.3 Å². The zero-order valence-corrected chi connectivity index (χ0v) is 12.1. The molecular weight excluding hydrogens is 208 g/mol. The maximum absolute atomic E-state index is 3.80. The topological polar surface area (TPSA) is 15.3 Å². The van der Waals surface area contributed by atoms with Crippen LogP contribution in [0.2, 0.25) is 0 Å². The predicted octanol–water partition coefficient (Wildman–Crippen LogP) is 2.89. The summed E-state index contributed by atoms with van der Waals surface area (Å²) in [5, 5.41) is 3.80. The van der Waals surface area contributed by atoms with Gasteiger partial charge in [0.2, 0.25) is 0 Å². The van der Waals surface area contributed by atoms with E-state index in [1.807, 2.05) is 0 Å². The van der Waals surface area contributed by atoms with E-state index in [1.54, 1.807) is 0 Å². The fourth-order valence-electron chi connectivity index (χ4n) is 3.37. The SMILES string of the molecule is CCCC(C)CN1CC(C)(C2CC2)NCC1C. The summed E-state index contributed by atoms with van der Waals surface area (Å²) >= 11 is 0. The molecule has 0 radical (unpaired) electrons. The molecule has 17 heavy (non-hydrogen) atoms. The van der Waals surface area contributed by atoms with Gasteiger partial charge in [-0.25, -0.2) is 0 Å². The molecule has 0 amide bonds. The van der Waals surface area contributed by atoms with Crippen molar-refractivity contribution in [2.24, 2.45) is 11.8 Å². The summed E-state index contributed by atoms with van der Waals surface area (Å²) < 4.78 is 0. The third-order valence-electron chi connectivity index (χ3n) is 4.76. The molecule has 1 N–H and O–H groups in total. The third kappa shape index (κ3) is 3.23. The number of piperazine rings is 1. The van der Waals surface area contributed by atoms with E-state index in [0.717, 1.165) is 11.8 Å². The van der Waals surface area contributed by atoms with Gasteiger partial charge in [0.15, 0.2) is 0 Å². The summed E-state index contributed by atoms with van der Waals surface area (Å²) in [6.45, 7) is 13.2. The van der Waals surface area contributed by atoms with Crippen LogP contribution in [0.1, 0.15) is 53.4 Å². The van der Waals surface area contributed by atoms with Gasteiger partial charge in [0.25, 0.3) is 0 Å². The lowest BCUT2D eigenvalue weighted by molar-refractivity contribution is 0.0701. The average molecular weight is 238 g/mol. The van der Waals surface area contributed by atoms with Crippen molar-refractivity contribution >= 4 is 0 Å². The van der Waals surface area contributed by atoms with Crippen molar-refractivity contribution in [2.45, 2.75) is 65.0 Å². The number of hydrogen-bond donors (Lipinski definition) is 1. The second-order valence-electron chi connectivity index (χ2n) is 6.74. The minimum atomic E-state index is 0.401. The Hall–Kier alpha value is -0.0800. The quantitative estimate of drug-likeness (QED) is 0.792. The number of hydrogen-bond acceptors (Lipinski definition) is 2. The van der Waals surface area contributed by atoms with Gasteiger partial charge in [0.05, 0.1) is 0 Å². The summed E-state index contributed by atoms with van der Waals surface area (Å²) in [6.07, 6.45) is 5.57. The monoisotopic (exact) mass is 238 g/mol. The highest BCUT2D eigenvalue weighted by Gasteiger charge is 2.45. The van der Waals surface area contributed by atoms with Gasteiger partial charge in [0, 0.05) is 31.2 Å². The van der Waals surface area contributed by atoms with Crippen LogP contribution in [-0.2, 0) is 0 Å². The molecule has 0 aromatic carbocycles. The predicted molar refractivity (Wildman–Crippen MR) is 74.2 cm³/mol. The molecule has 2 nitrogen and oxygen atoms in total. The summed E-state index contributed by atoms with van der Waals surface area (Å²) in [6, 6.07) is 0.709. The Labute approximate surface area is 107 Å². The van der Waals surface area contributed by atoms with Gasteiger partial charge in [-0.05, 0) is 44.9 Å². The Balaban J connectivity index is 1.90. The molecule has 2 aliphatic rings. The second kappa shape index (κ2) is 5.27. The first-order valence-corrected chi connectivity index (χ1v) is 7.54. The van der Waals surface area contributed by atoms with Crippen molar-refractivity contribution < 1.29 is 0 Å². The minimum absolute atomic E-state index is 0.401. The summed E-state index contributed by atoms with van der Waals surface area (Å²) in [4.78, 5) is 2.73. The first kappa shape index (κ1) is 13.4. The maximum atomic E-state index is 3.80. The van der Waals surface area contributed by atoms with Gasteiger partial charge in [-0.15, -0.1) is 0 Å². The highest BCUT2D eigenvalue weighted by atomic mass is 15.3. The van der Waals surface area contributed by atoms with Crippen LogP contribution in [0.25, 0.3) is 0 Å². The Kier molecular flexibility index (Phi) is 4.14. The lowest BCUT2D eigenvalue weighted by atomic mass is 9.90. The fraction of sp³-hybridized carbons (Fsp3) is 1.00. The van der Waals surface area contributed by atoms with E-state index in [9.17, 15) is 0 Å². The van der Waals surface area contributed by atoms with Crippen LogP contribution >= 0.6 is 0 Å². The van der Waals surface area contributed by atoms with E-state index in [1.165, 1.54) is 45.3 Å². The molecule has 1 saturated carbocycles. The van der Waals surface area contributed by atoms with Crippen LogP contribution in [0.15, 0.2) is 0 Å². The molecule has 3 unspecified atom stereocenters. The number of rotatable bonds is 5. The largest absolute Gasteiger partial charge is 0.308 e. The Bertz CT molecular complexity index is 249. The van der Waals surface area contributed by atoms with Crippen molar-refractivity contribution in [2.75, 3.05) is 19.6 Å². The summed E-state index contributed by atoms with van der Waals surface area (Å²) in [7, 11) is 0. The number of nitrogens with one attached hydrogen (secondary N) is 1. The molecule has 2 rings (SSSR count). The molecule has 1 saturated heterocycles. The highest BCUT2D eigenvalue weighted by molar-refractivity contribution is 5.03. The van der Waals surface area contributed by atoms with E-state index >= 15 is 0 Å². The van der Waals surface area contributed by atoms with Crippen molar-refractivity contribution in [1.82, 2.24) is 10.2 Å². The molecule has 1 heterocycles. The van der Waals surface area contributed by atoms with E-state index < -0.39 is 0 Å². The lowest BCUT2D eigenvalue weighted by Gasteiger charge is -2.46. The van der Waals surface area contributed by atoms with Crippen molar-refractivity contribution in [1.29, 1.82) is 0 Å². The average Bonchev–Trinajstić information content (AvgIpc) is 3.08. The number of nitrogens with zero attached hydrogens (tertiary/aromatic N) is 1. The zero-order chi connectivity index (χ0) is 12.5. The van der Waals surface area contributed by atoms with Crippen LogP contribution in [-0.4, -0.2) is 36.1 Å². The van der Waals surface area contributed by atoms with E-state index in [-0.39, 0.29) is 0 Å². The standard InChI is InChI=1S/C15H30N2/c1-5-6-12(2)10-17-11-15(4,14-7-8-14)16-9-13(17)3/h12-14,16H,5-11H2,1-4H3. The fourth-order valence-corrected chi connectivity index (χ4v) is 3.37. The second-order valence-corrected chi connectivity index (χ2v) is 6.74.